The van der Waals surface area contributed by atoms with Gasteiger partial charge >= 0.3 is 5.97 Å². The minimum Gasteiger partial charge on any atom is -0.463 e. The number of aryl methyl sites for hydroxylation is 1. The molecule has 0 aliphatic carbocycles. The topological polar surface area (TPSA) is 92.8 Å². The third-order valence-electron chi connectivity index (χ3n) is 2.24. The fraction of sp³-hybridized carbons (Fsp3) is 0.417. The van der Waals surface area contributed by atoms with Gasteiger partial charge in [0.25, 0.3) is 0 Å². The number of ether oxygens (including phenoxy) is 1. The van der Waals surface area contributed by atoms with Gasteiger partial charge in [-0.25, -0.2) is 0 Å². The zero-order valence-electron chi connectivity index (χ0n) is 9.50. The summed E-state index contributed by atoms with van der Waals surface area (Å²) >= 11 is 0. The smallest absolute Gasteiger partial charge is 0.306 e. The molecule has 0 fully saturated rings. The van der Waals surface area contributed by atoms with E-state index in [1.165, 1.54) is 0 Å². The predicted octanol–water partition coefficient (Wildman–Crippen LogP) is 0.0978. The summed E-state index contributed by atoms with van der Waals surface area (Å²) in [6.07, 6.45) is -0.202. The zero-order valence-corrected chi connectivity index (χ0v) is 9.50. The average Bonchev–Trinajstić information content (AvgIpc) is 2.35. The number of aliphatic hydroxyl groups is 2. The Morgan fingerprint density at radius 3 is 2.59 bits per heavy atom. The van der Waals surface area contributed by atoms with Gasteiger partial charge in [-0.2, -0.15) is 0 Å². The van der Waals surface area contributed by atoms with Crippen LogP contribution in [0.4, 0.5) is 5.69 Å². The largest absolute Gasteiger partial charge is 0.463 e. The van der Waals surface area contributed by atoms with Gasteiger partial charge in [-0.15, -0.1) is 0 Å². The van der Waals surface area contributed by atoms with E-state index in [-0.39, 0.29) is 13.0 Å². The number of aliphatic hydroxyl groups excluding tert-OH is 2. The van der Waals surface area contributed by atoms with Crippen LogP contribution in [0, 0.1) is 0 Å². The Kier molecular flexibility index (Phi) is 5.45. The zero-order chi connectivity index (χ0) is 12.7. The maximum atomic E-state index is 11.3. The number of rotatable bonds is 6. The van der Waals surface area contributed by atoms with Gasteiger partial charge in [0.05, 0.1) is 6.61 Å². The maximum absolute atomic E-state index is 11.3. The van der Waals surface area contributed by atoms with E-state index in [1.807, 2.05) is 12.1 Å². The van der Waals surface area contributed by atoms with Crippen LogP contribution in [-0.2, 0) is 16.0 Å². The lowest BCUT2D eigenvalue weighted by Crippen LogP contribution is -2.22. The number of nitrogen functional groups attached to an aromatic ring is 1. The van der Waals surface area contributed by atoms with Crippen molar-refractivity contribution in [3.8, 4) is 0 Å². The lowest BCUT2D eigenvalue weighted by molar-refractivity contribution is -0.147. The molecular formula is C12H17NO4. The number of esters is 1. The van der Waals surface area contributed by atoms with Crippen LogP contribution in [0.5, 0.6) is 0 Å². The minimum atomic E-state index is -1.00. The number of hydrogen-bond donors (Lipinski definition) is 3. The van der Waals surface area contributed by atoms with Gasteiger partial charge in [0.15, 0.2) is 0 Å². The van der Waals surface area contributed by atoms with Crippen molar-refractivity contribution in [2.24, 2.45) is 0 Å². The molecule has 0 aliphatic rings. The second-order valence-electron chi connectivity index (χ2n) is 3.76. The first-order valence-corrected chi connectivity index (χ1v) is 5.40. The highest BCUT2D eigenvalue weighted by Crippen LogP contribution is 2.08. The van der Waals surface area contributed by atoms with Crippen LogP contribution in [0.2, 0.25) is 0 Å². The Balaban J connectivity index is 2.26. The SMILES string of the molecule is Nc1ccc(CCC(=O)OCC(O)CO)cc1. The highest BCUT2D eigenvalue weighted by molar-refractivity contribution is 5.69. The molecule has 5 heteroatoms. The van der Waals surface area contributed by atoms with E-state index in [0.29, 0.717) is 12.1 Å². The molecule has 1 unspecified atom stereocenters. The summed E-state index contributed by atoms with van der Waals surface area (Å²) in [5.74, 6) is -0.394. The average molecular weight is 239 g/mol. The van der Waals surface area contributed by atoms with Crippen LogP contribution in [-0.4, -0.2) is 35.5 Å². The summed E-state index contributed by atoms with van der Waals surface area (Å²) in [6, 6.07) is 7.25. The first-order valence-electron chi connectivity index (χ1n) is 5.40. The van der Waals surface area contributed by atoms with Crippen molar-refractivity contribution in [3.63, 3.8) is 0 Å². The molecule has 5 nitrogen and oxygen atoms in total. The van der Waals surface area contributed by atoms with Crippen LogP contribution >= 0.6 is 0 Å². The van der Waals surface area contributed by atoms with Crippen molar-refractivity contribution >= 4 is 11.7 Å². The van der Waals surface area contributed by atoms with Crippen molar-refractivity contribution in [2.75, 3.05) is 18.9 Å². The second-order valence-corrected chi connectivity index (χ2v) is 3.76. The highest BCUT2D eigenvalue weighted by Gasteiger charge is 2.07. The molecule has 0 radical (unpaired) electrons. The Labute approximate surface area is 99.8 Å². The van der Waals surface area contributed by atoms with Crippen LogP contribution < -0.4 is 5.73 Å². The van der Waals surface area contributed by atoms with Crippen molar-refractivity contribution < 1.29 is 19.7 Å². The quantitative estimate of drug-likeness (QED) is 0.483. The molecule has 17 heavy (non-hydrogen) atoms. The Hall–Kier alpha value is -1.59. The lowest BCUT2D eigenvalue weighted by atomic mass is 10.1. The Morgan fingerprint density at radius 2 is 2.00 bits per heavy atom. The van der Waals surface area contributed by atoms with Gasteiger partial charge in [0, 0.05) is 12.1 Å². The summed E-state index contributed by atoms with van der Waals surface area (Å²) in [7, 11) is 0. The molecule has 4 N–H and O–H groups in total. The summed E-state index contributed by atoms with van der Waals surface area (Å²) < 4.78 is 4.77. The van der Waals surface area contributed by atoms with Gasteiger partial charge in [0.2, 0.25) is 0 Å². The second kappa shape index (κ2) is 6.88. The first kappa shape index (κ1) is 13.5. The van der Waals surface area contributed by atoms with E-state index < -0.39 is 18.7 Å². The summed E-state index contributed by atoms with van der Waals surface area (Å²) in [5, 5.41) is 17.5. The number of hydrogen-bond acceptors (Lipinski definition) is 5. The standard InChI is InChI=1S/C12H17NO4/c13-10-4-1-9(2-5-10)3-6-12(16)17-8-11(15)7-14/h1-2,4-5,11,14-15H,3,6-8,13H2. The third kappa shape index (κ3) is 5.33. The van der Waals surface area contributed by atoms with Crippen LogP contribution in [0.1, 0.15) is 12.0 Å². The van der Waals surface area contributed by atoms with E-state index in [1.54, 1.807) is 12.1 Å². The normalized spacial score (nSPS) is 12.1. The molecule has 0 heterocycles. The molecule has 1 aromatic rings. The molecule has 0 saturated heterocycles. The maximum Gasteiger partial charge on any atom is 0.306 e. The number of benzene rings is 1. The Morgan fingerprint density at radius 1 is 1.35 bits per heavy atom. The van der Waals surface area contributed by atoms with E-state index in [2.05, 4.69) is 0 Å². The molecule has 0 aromatic heterocycles. The molecular weight excluding hydrogens is 222 g/mol. The fourth-order valence-electron chi connectivity index (χ4n) is 1.24. The van der Waals surface area contributed by atoms with Gasteiger partial charge in [0.1, 0.15) is 12.7 Å². The van der Waals surface area contributed by atoms with Crippen molar-refractivity contribution in [1.29, 1.82) is 0 Å². The summed E-state index contributed by atoms with van der Waals surface area (Å²) in [4.78, 5) is 11.3. The van der Waals surface area contributed by atoms with Crippen LogP contribution in [0.15, 0.2) is 24.3 Å². The summed E-state index contributed by atoms with van der Waals surface area (Å²) in [5.41, 5.74) is 7.22. The Bertz CT molecular complexity index is 350. The number of anilines is 1. The van der Waals surface area contributed by atoms with Crippen LogP contribution in [0.25, 0.3) is 0 Å². The molecule has 0 aliphatic heterocycles. The minimum absolute atomic E-state index is 0.170. The molecule has 1 atom stereocenters. The highest BCUT2D eigenvalue weighted by atomic mass is 16.5. The third-order valence-corrected chi connectivity index (χ3v) is 2.24. The van der Waals surface area contributed by atoms with E-state index in [4.69, 9.17) is 20.7 Å². The van der Waals surface area contributed by atoms with Crippen molar-refractivity contribution in [2.45, 2.75) is 18.9 Å². The lowest BCUT2D eigenvalue weighted by Gasteiger charge is -2.08. The van der Waals surface area contributed by atoms with Gasteiger partial charge in [-0.3, -0.25) is 4.79 Å². The first-order chi connectivity index (χ1) is 8.11. The molecule has 1 rings (SSSR count). The molecule has 1 aromatic carbocycles. The molecule has 0 amide bonds. The van der Waals surface area contributed by atoms with E-state index in [0.717, 1.165) is 5.56 Å². The number of nitrogens with two attached hydrogens (primary N) is 1. The molecule has 0 bridgehead atoms. The number of carbonyl (C=O) groups excluding carboxylic acids is 1. The van der Waals surface area contributed by atoms with Crippen molar-refractivity contribution in [3.05, 3.63) is 29.8 Å². The molecule has 94 valence electrons. The van der Waals surface area contributed by atoms with Gasteiger partial charge in [-0.1, -0.05) is 12.1 Å². The van der Waals surface area contributed by atoms with E-state index in [9.17, 15) is 4.79 Å². The number of carbonyl (C=O) groups is 1. The van der Waals surface area contributed by atoms with Gasteiger partial charge in [-0.05, 0) is 24.1 Å². The van der Waals surface area contributed by atoms with Crippen LogP contribution in [0.3, 0.4) is 0 Å². The summed E-state index contributed by atoms with van der Waals surface area (Å²) in [6.45, 7) is -0.581. The predicted molar refractivity (Wildman–Crippen MR) is 63.2 cm³/mol. The van der Waals surface area contributed by atoms with E-state index >= 15 is 0 Å². The van der Waals surface area contributed by atoms with Gasteiger partial charge < -0.3 is 20.7 Å². The molecule has 0 spiro atoms. The fourth-order valence-corrected chi connectivity index (χ4v) is 1.24. The van der Waals surface area contributed by atoms with Crippen molar-refractivity contribution in [1.82, 2.24) is 0 Å². The molecule has 0 saturated carbocycles. The monoisotopic (exact) mass is 239 g/mol.